The maximum absolute atomic E-state index is 9.40. The first-order valence-corrected chi connectivity index (χ1v) is 8.43. The zero-order valence-corrected chi connectivity index (χ0v) is 16.0. The van der Waals surface area contributed by atoms with Crippen molar-refractivity contribution in [2.75, 3.05) is 14.2 Å². The third-order valence-corrected chi connectivity index (χ3v) is 3.18. The molecule has 1 unspecified atom stereocenters. The quantitative estimate of drug-likeness (QED) is 0.195. The van der Waals surface area contributed by atoms with Crippen LogP contribution >= 0.6 is 0 Å². The van der Waals surface area contributed by atoms with Crippen molar-refractivity contribution in [3.8, 4) is 0 Å². The summed E-state index contributed by atoms with van der Waals surface area (Å²) in [5.41, 5.74) is 7.89. The maximum atomic E-state index is 9.40. The number of rotatable bonds is 11. The topological polar surface area (TPSA) is 77.1 Å². The van der Waals surface area contributed by atoms with E-state index in [2.05, 4.69) is 18.0 Å². The van der Waals surface area contributed by atoms with Crippen molar-refractivity contribution >= 4 is 5.84 Å². The molecular formula is C20H32N2O3. The second-order valence-corrected chi connectivity index (χ2v) is 5.41. The Bertz CT molecular complexity index is 555. The van der Waals surface area contributed by atoms with Crippen LogP contribution in [-0.4, -0.2) is 31.5 Å². The van der Waals surface area contributed by atoms with E-state index in [0.717, 1.165) is 29.9 Å². The highest BCUT2D eigenvalue weighted by atomic mass is 16.6. The number of aliphatic hydroxyl groups excluding tert-OH is 1. The van der Waals surface area contributed by atoms with Crippen molar-refractivity contribution in [2.45, 2.75) is 46.3 Å². The minimum absolute atomic E-state index is 0.467. The van der Waals surface area contributed by atoms with Crippen molar-refractivity contribution in [3.05, 3.63) is 59.6 Å². The van der Waals surface area contributed by atoms with Crippen molar-refractivity contribution in [3.63, 3.8) is 0 Å². The van der Waals surface area contributed by atoms with E-state index in [0.29, 0.717) is 12.3 Å². The van der Waals surface area contributed by atoms with Crippen LogP contribution in [0.2, 0.25) is 0 Å². The Morgan fingerprint density at radius 2 is 2.04 bits per heavy atom. The molecule has 1 atom stereocenters. The van der Waals surface area contributed by atoms with Gasteiger partial charge in [-0.1, -0.05) is 37.6 Å². The van der Waals surface area contributed by atoms with Gasteiger partial charge in [0.15, 0.2) is 6.29 Å². The van der Waals surface area contributed by atoms with E-state index in [-0.39, 0.29) is 0 Å². The summed E-state index contributed by atoms with van der Waals surface area (Å²) in [4.78, 5) is 4.50. The van der Waals surface area contributed by atoms with Gasteiger partial charge in [0.05, 0.1) is 18.6 Å². The maximum Gasteiger partial charge on any atom is 0.174 e. The van der Waals surface area contributed by atoms with Gasteiger partial charge in [0.2, 0.25) is 0 Å². The predicted molar refractivity (Wildman–Crippen MR) is 105 cm³/mol. The summed E-state index contributed by atoms with van der Waals surface area (Å²) >= 11 is 0. The Morgan fingerprint density at radius 1 is 1.32 bits per heavy atom. The average Bonchev–Trinajstić information content (AvgIpc) is 2.59. The Morgan fingerprint density at radius 3 is 2.60 bits per heavy atom. The van der Waals surface area contributed by atoms with Crippen LogP contribution in [0.5, 0.6) is 0 Å². The predicted octanol–water partition coefficient (Wildman–Crippen LogP) is 3.99. The Labute approximate surface area is 151 Å². The van der Waals surface area contributed by atoms with Gasteiger partial charge < -0.3 is 20.3 Å². The van der Waals surface area contributed by atoms with E-state index in [1.165, 1.54) is 13.2 Å². The number of aliphatic imine (C=N–C) groups is 1. The van der Waals surface area contributed by atoms with Gasteiger partial charge in [-0.25, -0.2) is 4.99 Å². The van der Waals surface area contributed by atoms with Crippen LogP contribution in [0.15, 0.2) is 64.6 Å². The van der Waals surface area contributed by atoms with E-state index in [1.807, 2.05) is 38.2 Å². The van der Waals surface area contributed by atoms with Crippen LogP contribution in [0.25, 0.3) is 0 Å². The molecule has 0 spiro atoms. The Kier molecular flexibility index (Phi) is 13.0. The minimum Gasteiger partial charge on any atom is -0.501 e. The van der Waals surface area contributed by atoms with E-state index in [9.17, 15) is 5.11 Å². The SMILES string of the molecule is C/C=C\C(=C/CCC)N=C(N)CC(=C/C=C/C(O)OC)/C=C(\C)OC. The number of allylic oxidation sites excluding steroid dienone is 7. The molecule has 0 amide bonds. The van der Waals surface area contributed by atoms with E-state index in [1.54, 1.807) is 13.2 Å². The highest BCUT2D eigenvalue weighted by molar-refractivity contribution is 5.84. The molecule has 25 heavy (non-hydrogen) atoms. The van der Waals surface area contributed by atoms with Crippen LogP contribution < -0.4 is 5.73 Å². The fraction of sp³-hybridized carbons (Fsp3) is 0.450. The number of hydrogen-bond acceptors (Lipinski definition) is 4. The molecular weight excluding hydrogens is 316 g/mol. The van der Waals surface area contributed by atoms with Gasteiger partial charge in [-0.15, -0.1) is 0 Å². The molecule has 140 valence electrons. The summed E-state index contributed by atoms with van der Waals surface area (Å²) in [6, 6.07) is 0. The van der Waals surface area contributed by atoms with Gasteiger partial charge >= 0.3 is 0 Å². The first kappa shape index (κ1) is 22.9. The molecule has 0 aliphatic rings. The van der Waals surface area contributed by atoms with Gasteiger partial charge in [-0.3, -0.25) is 0 Å². The number of methoxy groups -OCH3 is 2. The summed E-state index contributed by atoms with van der Waals surface area (Å²) in [6.45, 7) is 5.94. The van der Waals surface area contributed by atoms with E-state index >= 15 is 0 Å². The lowest BCUT2D eigenvalue weighted by Gasteiger charge is -2.06. The van der Waals surface area contributed by atoms with E-state index in [4.69, 9.17) is 15.2 Å². The Hall–Kier alpha value is -2.11. The highest BCUT2D eigenvalue weighted by Crippen LogP contribution is 2.11. The molecule has 0 radical (unpaired) electrons. The zero-order valence-electron chi connectivity index (χ0n) is 16.0. The standard InChI is InChI=1S/C20H32N2O3/c1-6-8-12-18(10-7-2)22-19(21)15-17(14-16(3)24-4)11-9-13-20(23)25-5/h7,9-14,20,23H,6,8,15H2,1-5H3,(H2,21,22)/b10-7-,13-9+,16-14+,17-11+,18-12+. The molecule has 3 N–H and O–H groups in total. The number of aliphatic hydroxyl groups is 1. The monoisotopic (exact) mass is 348 g/mol. The first-order chi connectivity index (χ1) is 12.0. The molecule has 0 rings (SSSR count). The molecule has 0 aromatic rings. The summed E-state index contributed by atoms with van der Waals surface area (Å²) in [7, 11) is 3.05. The molecule has 0 aliphatic heterocycles. The average molecular weight is 348 g/mol. The van der Waals surface area contributed by atoms with Gasteiger partial charge in [-0.05, 0) is 44.1 Å². The van der Waals surface area contributed by atoms with Crippen LogP contribution in [0, 0.1) is 0 Å². The smallest absolute Gasteiger partial charge is 0.174 e. The number of ether oxygens (including phenoxy) is 2. The summed E-state index contributed by atoms with van der Waals surface area (Å²) in [6.07, 6.45) is 14.5. The van der Waals surface area contributed by atoms with Crippen molar-refractivity contribution in [1.82, 2.24) is 0 Å². The number of amidine groups is 1. The highest BCUT2D eigenvalue weighted by Gasteiger charge is 2.01. The molecule has 0 aromatic heterocycles. The molecule has 5 heteroatoms. The zero-order chi connectivity index (χ0) is 19.1. The van der Waals surface area contributed by atoms with Crippen molar-refractivity contribution in [2.24, 2.45) is 10.7 Å². The normalized spacial score (nSPS) is 16.1. The molecule has 0 saturated heterocycles. The van der Waals surface area contributed by atoms with Crippen LogP contribution in [0.4, 0.5) is 0 Å². The van der Waals surface area contributed by atoms with Crippen LogP contribution in [0.1, 0.15) is 40.0 Å². The van der Waals surface area contributed by atoms with Gasteiger partial charge in [0.1, 0.15) is 5.84 Å². The third kappa shape index (κ3) is 12.0. The van der Waals surface area contributed by atoms with Gasteiger partial charge in [-0.2, -0.15) is 0 Å². The largest absolute Gasteiger partial charge is 0.501 e. The molecule has 0 aromatic carbocycles. The number of unbranched alkanes of at least 4 members (excludes halogenated alkanes) is 1. The molecule has 0 saturated carbocycles. The van der Waals surface area contributed by atoms with E-state index < -0.39 is 6.29 Å². The number of nitrogens with zero attached hydrogens (tertiary/aromatic N) is 1. The molecule has 0 bridgehead atoms. The lowest BCUT2D eigenvalue weighted by Crippen LogP contribution is -2.12. The fourth-order valence-corrected chi connectivity index (χ4v) is 1.86. The van der Waals surface area contributed by atoms with Crippen LogP contribution in [-0.2, 0) is 9.47 Å². The second-order valence-electron chi connectivity index (χ2n) is 5.41. The lowest BCUT2D eigenvalue weighted by molar-refractivity contribution is -0.0356. The second kappa shape index (κ2) is 14.3. The molecule has 5 nitrogen and oxygen atoms in total. The van der Waals surface area contributed by atoms with Gasteiger partial charge in [0, 0.05) is 13.5 Å². The van der Waals surface area contributed by atoms with Crippen molar-refractivity contribution in [1.29, 1.82) is 0 Å². The molecule has 0 aliphatic carbocycles. The Balaban J connectivity index is 5.37. The van der Waals surface area contributed by atoms with Gasteiger partial charge in [0.25, 0.3) is 0 Å². The minimum atomic E-state index is -0.936. The third-order valence-electron chi connectivity index (χ3n) is 3.18. The summed E-state index contributed by atoms with van der Waals surface area (Å²) < 4.78 is 9.97. The van der Waals surface area contributed by atoms with Crippen LogP contribution in [0.3, 0.4) is 0 Å². The molecule has 0 fully saturated rings. The lowest BCUT2D eigenvalue weighted by atomic mass is 10.1. The van der Waals surface area contributed by atoms with Crippen molar-refractivity contribution < 1.29 is 14.6 Å². The summed E-state index contributed by atoms with van der Waals surface area (Å²) in [5.74, 6) is 1.27. The summed E-state index contributed by atoms with van der Waals surface area (Å²) in [5, 5.41) is 9.40. The molecule has 0 heterocycles. The first-order valence-electron chi connectivity index (χ1n) is 8.43. The number of nitrogens with two attached hydrogens (primary N) is 1. The number of hydrogen-bond donors (Lipinski definition) is 2. The fourth-order valence-electron chi connectivity index (χ4n) is 1.86.